The summed E-state index contributed by atoms with van der Waals surface area (Å²) in [5, 5.41) is 3.32. The van der Waals surface area contributed by atoms with Crippen LogP contribution in [0.15, 0.2) is 53.2 Å². The van der Waals surface area contributed by atoms with E-state index in [1.807, 2.05) is 36.4 Å². The van der Waals surface area contributed by atoms with E-state index >= 15 is 0 Å². The molecule has 3 heterocycles. The summed E-state index contributed by atoms with van der Waals surface area (Å²) < 4.78 is 16.9. The maximum Gasteiger partial charge on any atom is 0.292 e. The summed E-state index contributed by atoms with van der Waals surface area (Å²) in [5.74, 6) is 1.91. The highest BCUT2D eigenvalue weighted by Gasteiger charge is 2.31. The molecule has 1 N–H and O–H groups in total. The maximum atomic E-state index is 13.3. The largest absolute Gasteiger partial charge is 0.497 e. The molecule has 8 heteroatoms. The summed E-state index contributed by atoms with van der Waals surface area (Å²) in [5.41, 5.74) is 1.35. The van der Waals surface area contributed by atoms with Gasteiger partial charge < -0.3 is 24.1 Å². The first-order valence-corrected chi connectivity index (χ1v) is 9.82. The smallest absolute Gasteiger partial charge is 0.292 e. The van der Waals surface area contributed by atoms with E-state index in [4.69, 9.17) is 13.9 Å². The van der Waals surface area contributed by atoms with Crippen molar-refractivity contribution in [3.63, 3.8) is 0 Å². The van der Waals surface area contributed by atoms with E-state index in [0.29, 0.717) is 43.6 Å². The number of rotatable bonds is 6. The minimum absolute atomic E-state index is 0.125. The number of benzene rings is 1. The van der Waals surface area contributed by atoms with Gasteiger partial charge in [-0.2, -0.15) is 0 Å². The van der Waals surface area contributed by atoms with Crippen LogP contribution in [-0.4, -0.2) is 60.2 Å². The highest BCUT2D eigenvalue weighted by Crippen LogP contribution is 2.25. The molecule has 1 unspecified atom stereocenters. The molecule has 1 aliphatic heterocycles. The van der Waals surface area contributed by atoms with Crippen molar-refractivity contribution >= 4 is 5.91 Å². The summed E-state index contributed by atoms with van der Waals surface area (Å²) in [7, 11) is 1.61. The van der Waals surface area contributed by atoms with Crippen LogP contribution in [0.2, 0.25) is 0 Å². The Kier molecular flexibility index (Phi) is 5.94. The number of ether oxygens (including phenoxy) is 2. The number of nitrogens with zero attached hydrogens (tertiary/aromatic N) is 3. The van der Waals surface area contributed by atoms with Crippen LogP contribution < -0.4 is 14.8 Å². The molecule has 0 saturated carbocycles. The third-order valence-electron chi connectivity index (χ3n) is 5.02. The lowest BCUT2D eigenvalue weighted by molar-refractivity contribution is 0.0528. The lowest BCUT2D eigenvalue weighted by Gasteiger charge is -2.35. The number of methoxy groups -OCH3 is 1. The van der Waals surface area contributed by atoms with E-state index in [2.05, 4.69) is 15.3 Å². The lowest BCUT2D eigenvalue weighted by atomic mass is 10.2. The van der Waals surface area contributed by atoms with Crippen molar-refractivity contribution in [2.24, 2.45) is 0 Å². The van der Waals surface area contributed by atoms with Crippen molar-refractivity contribution in [3.05, 3.63) is 60.2 Å². The quantitative estimate of drug-likeness (QED) is 0.670. The van der Waals surface area contributed by atoms with Gasteiger partial charge in [0.25, 0.3) is 5.91 Å². The van der Waals surface area contributed by atoms with Gasteiger partial charge in [-0.05, 0) is 43.3 Å². The monoisotopic (exact) mass is 408 g/mol. The second-order valence-corrected chi connectivity index (χ2v) is 7.02. The molecule has 1 atom stereocenters. The zero-order valence-electron chi connectivity index (χ0n) is 17.0. The molecule has 1 saturated heterocycles. The van der Waals surface area contributed by atoms with Crippen LogP contribution in [0.25, 0.3) is 11.5 Å². The molecular formula is C22H24N4O4. The molecule has 156 valence electrons. The fourth-order valence-corrected chi connectivity index (χ4v) is 3.38. The Morgan fingerprint density at radius 1 is 1.27 bits per heavy atom. The topological polar surface area (TPSA) is 89.7 Å². The van der Waals surface area contributed by atoms with Crippen molar-refractivity contribution in [1.29, 1.82) is 0 Å². The molecule has 1 aromatic carbocycles. The Morgan fingerprint density at radius 2 is 2.10 bits per heavy atom. The fraction of sp³-hybridized carbons (Fsp3) is 0.318. The van der Waals surface area contributed by atoms with Gasteiger partial charge in [0, 0.05) is 31.4 Å². The van der Waals surface area contributed by atoms with Crippen LogP contribution in [0.3, 0.4) is 0 Å². The number of hydrogen-bond donors (Lipinski definition) is 1. The van der Waals surface area contributed by atoms with Crippen LogP contribution in [0.5, 0.6) is 11.5 Å². The minimum atomic E-state index is -0.180. The van der Waals surface area contributed by atoms with Crippen molar-refractivity contribution in [2.75, 3.05) is 33.4 Å². The van der Waals surface area contributed by atoms with Crippen molar-refractivity contribution < 1.29 is 18.7 Å². The van der Waals surface area contributed by atoms with E-state index < -0.39 is 0 Å². The summed E-state index contributed by atoms with van der Waals surface area (Å²) in [6.07, 6.45) is 3.35. The Bertz CT molecular complexity index is 988. The van der Waals surface area contributed by atoms with Crippen molar-refractivity contribution in [3.8, 4) is 23.0 Å². The minimum Gasteiger partial charge on any atom is -0.497 e. The van der Waals surface area contributed by atoms with Crippen molar-refractivity contribution in [1.82, 2.24) is 20.2 Å². The predicted octanol–water partition coefficient (Wildman–Crippen LogP) is 2.55. The molecule has 0 radical (unpaired) electrons. The molecule has 2 aromatic heterocycles. The molecule has 3 aromatic rings. The molecule has 0 aliphatic carbocycles. The first kappa shape index (κ1) is 19.9. The average molecular weight is 408 g/mol. The Hall–Kier alpha value is -3.39. The summed E-state index contributed by atoms with van der Waals surface area (Å²) in [6, 6.07) is 10.9. The van der Waals surface area contributed by atoms with Gasteiger partial charge in [0.15, 0.2) is 0 Å². The van der Waals surface area contributed by atoms with E-state index in [1.54, 1.807) is 31.3 Å². The summed E-state index contributed by atoms with van der Waals surface area (Å²) >= 11 is 0. The van der Waals surface area contributed by atoms with Crippen molar-refractivity contribution in [2.45, 2.75) is 13.0 Å². The number of amides is 1. The predicted molar refractivity (Wildman–Crippen MR) is 111 cm³/mol. The van der Waals surface area contributed by atoms with E-state index in [9.17, 15) is 4.79 Å². The maximum absolute atomic E-state index is 13.3. The van der Waals surface area contributed by atoms with Gasteiger partial charge in [-0.15, -0.1) is 0 Å². The standard InChI is InChI=1S/C22H24N4O4/c1-15-20(30-21(25-15)16-5-7-18(28-2)8-6-16)22(27)26-11-10-24-12-17(26)14-29-19-4-3-9-23-13-19/h3-9,13,17,24H,10-12,14H2,1-2H3. The number of aryl methyl sites for hydroxylation is 1. The molecule has 1 amide bonds. The van der Waals surface area contributed by atoms with Crippen LogP contribution in [0.4, 0.5) is 0 Å². The van der Waals surface area contributed by atoms with E-state index in [1.165, 1.54) is 0 Å². The molecule has 4 rings (SSSR count). The van der Waals surface area contributed by atoms with E-state index in [-0.39, 0.29) is 17.7 Å². The molecule has 1 aliphatic rings. The summed E-state index contributed by atoms with van der Waals surface area (Å²) in [4.78, 5) is 23.6. The Morgan fingerprint density at radius 3 is 2.83 bits per heavy atom. The third-order valence-corrected chi connectivity index (χ3v) is 5.02. The molecule has 1 fully saturated rings. The zero-order valence-corrected chi connectivity index (χ0v) is 17.0. The zero-order chi connectivity index (χ0) is 20.9. The number of nitrogens with one attached hydrogen (secondary N) is 1. The number of aromatic nitrogens is 2. The van der Waals surface area contributed by atoms with Gasteiger partial charge in [-0.1, -0.05) is 0 Å². The molecule has 8 nitrogen and oxygen atoms in total. The highest BCUT2D eigenvalue weighted by molar-refractivity contribution is 5.93. The van der Waals surface area contributed by atoms with Gasteiger partial charge in [0.1, 0.15) is 18.1 Å². The number of oxazole rings is 1. The first-order valence-electron chi connectivity index (χ1n) is 9.82. The average Bonchev–Trinajstić information content (AvgIpc) is 3.19. The molecule has 0 spiro atoms. The van der Waals surface area contributed by atoms with Crippen LogP contribution in [-0.2, 0) is 0 Å². The fourth-order valence-electron chi connectivity index (χ4n) is 3.38. The molecule has 0 bridgehead atoms. The summed E-state index contributed by atoms with van der Waals surface area (Å²) in [6.45, 7) is 4.08. The molecule has 30 heavy (non-hydrogen) atoms. The van der Waals surface area contributed by atoms with Gasteiger partial charge in [0.05, 0.1) is 25.0 Å². The number of carbonyl (C=O) groups is 1. The SMILES string of the molecule is COc1ccc(-c2nc(C)c(C(=O)N3CCNCC3COc3cccnc3)o2)cc1. The second-order valence-electron chi connectivity index (χ2n) is 7.02. The van der Waals surface area contributed by atoms with Gasteiger partial charge in [-0.3, -0.25) is 9.78 Å². The Balaban J connectivity index is 1.50. The van der Waals surface area contributed by atoms with Crippen LogP contribution in [0.1, 0.15) is 16.2 Å². The first-order chi connectivity index (χ1) is 14.7. The number of piperazine rings is 1. The van der Waals surface area contributed by atoms with Crippen LogP contribution >= 0.6 is 0 Å². The van der Waals surface area contributed by atoms with Crippen LogP contribution in [0, 0.1) is 6.92 Å². The highest BCUT2D eigenvalue weighted by atomic mass is 16.5. The number of carbonyl (C=O) groups excluding carboxylic acids is 1. The van der Waals surface area contributed by atoms with E-state index in [0.717, 1.165) is 11.3 Å². The number of pyridine rings is 1. The Labute approximate surface area is 174 Å². The lowest BCUT2D eigenvalue weighted by Crippen LogP contribution is -2.56. The van der Waals surface area contributed by atoms with Gasteiger partial charge >= 0.3 is 0 Å². The van der Waals surface area contributed by atoms with Gasteiger partial charge in [-0.25, -0.2) is 4.98 Å². The second kappa shape index (κ2) is 8.96. The van der Waals surface area contributed by atoms with Gasteiger partial charge in [0.2, 0.25) is 11.7 Å². The molecular weight excluding hydrogens is 384 g/mol. The third kappa shape index (κ3) is 4.28. The number of hydrogen-bond acceptors (Lipinski definition) is 7. The normalized spacial score (nSPS) is 16.3.